The molecule has 98 valence electrons. The van der Waals surface area contributed by atoms with Crippen molar-refractivity contribution < 1.29 is 0 Å². The molecule has 2 aromatic rings. The van der Waals surface area contributed by atoms with Crippen LogP contribution in [0.3, 0.4) is 0 Å². The third-order valence-corrected chi connectivity index (χ3v) is 3.34. The number of imidazole rings is 1. The average molecular weight is 264 g/mol. The molecule has 0 atom stereocenters. The van der Waals surface area contributed by atoms with Gasteiger partial charge in [-0.25, -0.2) is 9.97 Å². The first-order chi connectivity index (χ1) is 8.65. The van der Waals surface area contributed by atoms with Gasteiger partial charge in [-0.2, -0.15) is 0 Å². The molecular weight excluding hydrogens is 244 g/mol. The molecule has 2 heterocycles. The van der Waals surface area contributed by atoms with Crippen LogP contribution in [0, 0.1) is 5.92 Å². The number of nitrogens with zero attached hydrogens (tertiary/aromatic N) is 4. The summed E-state index contributed by atoms with van der Waals surface area (Å²) in [6.07, 6.45) is 3.88. The van der Waals surface area contributed by atoms with E-state index in [2.05, 4.69) is 45.7 Å². The van der Waals surface area contributed by atoms with Crippen molar-refractivity contribution in [2.24, 2.45) is 5.92 Å². The summed E-state index contributed by atoms with van der Waals surface area (Å²) >= 11 is 1.65. The van der Waals surface area contributed by atoms with Crippen LogP contribution < -0.4 is 0 Å². The van der Waals surface area contributed by atoms with E-state index in [0.717, 1.165) is 25.3 Å². The molecule has 4 nitrogen and oxygen atoms in total. The second-order valence-corrected chi connectivity index (χ2v) is 5.80. The smallest absolute Gasteiger partial charge is 0.0948 e. The summed E-state index contributed by atoms with van der Waals surface area (Å²) in [5.41, 5.74) is 4.28. The van der Waals surface area contributed by atoms with Gasteiger partial charge in [0, 0.05) is 31.2 Å². The Kier molecular flexibility index (Phi) is 4.49. The number of hydrogen-bond donors (Lipinski definition) is 0. The van der Waals surface area contributed by atoms with Gasteiger partial charge in [-0.1, -0.05) is 13.8 Å². The van der Waals surface area contributed by atoms with Crippen molar-refractivity contribution in [2.75, 3.05) is 7.05 Å². The Hall–Kier alpha value is -1.20. The van der Waals surface area contributed by atoms with Gasteiger partial charge in [0.05, 0.1) is 23.2 Å². The lowest BCUT2D eigenvalue weighted by Gasteiger charge is -2.17. The summed E-state index contributed by atoms with van der Waals surface area (Å²) < 4.78 is 2.24. The van der Waals surface area contributed by atoms with Gasteiger partial charge >= 0.3 is 0 Å². The molecule has 0 N–H and O–H groups in total. The Bertz CT molecular complexity index is 461. The van der Waals surface area contributed by atoms with Gasteiger partial charge in [0.2, 0.25) is 0 Å². The van der Waals surface area contributed by atoms with Gasteiger partial charge in [-0.3, -0.25) is 4.90 Å². The van der Waals surface area contributed by atoms with Crippen LogP contribution in [-0.2, 0) is 19.6 Å². The second kappa shape index (κ2) is 6.11. The fraction of sp³-hybridized carbons (Fsp3) is 0.538. The summed E-state index contributed by atoms with van der Waals surface area (Å²) in [5.74, 6) is 0.641. The van der Waals surface area contributed by atoms with Crippen LogP contribution in [0.2, 0.25) is 0 Å². The first-order valence-electron chi connectivity index (χ1n) is 6.19. The zero-order valence-electron chi connectivity index (χ0n) is 11.2. The highest BCUT2D eigenvalue weighted by molar-refractivity contribution is 7.07. The van der Waals surface area contributed by atoms with E-state index in [1.165, 1.54) is 5.69 Å². The SMILES string of the molecule is CC(C)Cn1cncc1CN(C)Cc1cscn1. The molecule has 0 fully saturated rings. The quantitative estimate of drug-likeness (QED) is 0.804. The van der Waals surface area contributed by atoms with Crippen molar-refractivity contribution in [2.45, 2.75) is 33.5 Å². The van der Waals surface area contributed by atoms with Gasteiger partial charge in [-0.05, 0) is 13.0 Å². The zero-order chi connectivity index (χ0) is 13.0. The van der Waals surface area contributed by atoms with E-state index in [-0.39, 0.29) is 0 Å². The summed E-state index contributed by atoms with van der Waals surface area (Å²) in [6, 6.07) is 0. The average Bonchev–Trinajstić information content (AvgIpc) is 2.91. The Balaban J connectivity index is 1.94. The summed E-state index contributed by atoms with van der Waals surface area (Å²) in [7, 11) is 2.12. The second-order valence-electron chi connectivity index (χ2n) is 5.08. The minimum absolute atomic E-state index is 0.641. The predicted octanol–water partition coefficient (Wildman–Crippen LogP) is 2.63. The molecule has 18 heavy (non-hydrogen) atoms. The number of thiazole rings is 1. The molecule has 0 unspecified atom stereocenters. The Labute approximate surface area is 112 Å². The molecule has 0 saturated carbocycles. The van der Waals surface area contributed by atoms with Crippen LogP contribution in [0.25, 0.3) is 0 Å². The molecule has 0 radical (unpaired) electrons. The van der Waals surface area contributed by atoms with E-state index in [4.69, 9.17) is 0 Å². The van der Waals surface area contributed by atoms with Crippen LogP contribution >= 0.6 is 11.3 Å². The standard InChI is InChI=1S/C13H20N4S/c1-11(2)5-17-9-14-4-13(17)7-16(3)6-12-8-18-10-15-12/h4,8-11H,5-7H2,1-3H3. The molecular formula is C13H20N4S. The molecule has 0 aliphatic heterocycles. The highest BCUT2D eigenvalue weighted by Gasteiger charge is 2.08. The third-order valence-electron chi connectivity index (χ3n) is 2.71. The maximum atomic E-state index is 4.31. The minimum Gasteiger partial charge on any atom is -0.333 e. The molecule has 0 aliphatic rings. The molecule has 5 heteroatoms. The van der Waals surface area contributed by atoms with Gasteiger partial charge in [0.15, 0.2) is 0 Å². The van der Waals surface area contributed by atoms with Crippen LogP contribution in [0.1, 0.15) is 25.2 Å². The fourth-order valence-electron chi connectivity index (χ4n) is 1.96. The molecule has 2 rings (SSSR count). The lowest BCUT2D eigenvalue weighted by Crippen LogP contribution is -2.20. The van der Waals surface area contributed by atoms with E-state index < -0.39 is 0 Å². The van der Waals surface area contributed by atoms with E-state index in [1.807, 2.05) is 18.0 Å². The normalized spacial score (nSPS) is 11.6. The maximum Gasteiger partial charge on any atom is 0.0948 e. The first kappa shape index (κ1) is 13.2. The molecule has 0 bridgehead atoms. The predicted molar refractivity (Wildman–Crippen MR) is 74.4 cm³/mol. The zero-order valence-corrected chi connectivity index (χ0v) is 12.0. The van der Waals surface area contributed by atoms with Crippen molar-refractivity contribution in [3.8, 4) is 0 Å². The van der Waals surface area contributed by atoms with Crippen LogP contribution in [0.15, 0.2) is 23.4 Å². The Morgan fingerprint density at radius 1 is 1.39 bits per heavy atom. The van der Waals surface area contributed by atoms with E-state index in [1.54, 1.807) is 11.3 Å². The van der Waals surface area contributed by atoms with Crippen LogP contribution in [-0.4, -0.2) is 26.5 Å². The molecule has 0 saturated heterocycles. The lowest BCUT2D eigenvalue weighted by atomic mass is 10.2. The molecule has 0 spiro atoms. The summed E-state index contributed by atoms with van der Waals surface area (Å²) in [4.78, 5) is 10.8. The molecule has 0 aromatic carbocycles. The highest BCUT2D eigenvalue weighted by atomic mass is 32.1. The molecule has 2 aromatic heterocycles. The Morgan fingerprint density at radius 3 is 2.89 bits per heavy atom. The van der Waals surface area contributed by atoms with E-state index >= 15 is 0 Å². The number of rotatable bonds is 6. The molecule has 0 aliphatic carbocycles. The maximum absolute atomic E-state index is 4.31. The van der Waals surface area contributed by atoms with Gasteiger partial charge in [0.25, 0.3) is 0 Å². The van der Waals surface area contributed by atoms with Crippen LogP contribution in [0.4, 0.5) is 0 Å². The van der Waals surface area contributed by atoms with Gasteiger partial charge < -0.3 is 4.57 Å². The van der Waals surface area contributed by atoms with Crippen molar-refractivity contribution >= 4 is 11.3 Å². The monoisotopic (exact) mass is 264 g/mol. The topological polar surface area (TPSA) is 34.0 Å². The number of aromatic nitrogens is 3. The van der Waals surface area contributed by atoms with E-state index in [0.29, 0.717) is 5.92 Å². The summed E-state index contributed by atoms with van der Waals surface area (Å²) in [5, 5.41) is 2.10. The van der Waals surface area contributed by atoms with Crippen molar-refractivity contribution in [1.82, 2.24) is 19.4 Å². The van der Waals surface area contributed by atoms with E-state index in [9.17, 15) is 0 Å². The summed E-state index contributed by atoms with van der Waals surface area (Å²) in [6.45, 7) is 7.27. The van der Waals surface area contributed by atoms with Gasteiger partial charge in [-0.15, -0.1) is 11.3 Å². The Morgan fingerprint density at radius 2 is 2.22 bits per heavy atom. The van der Waals surface area contributed by atoms with Crippen LogP contribution in [0.5, 0.6) is 0 Å². The van der Waals surface area contributed by atoms with Crippen molar-refractivity contribution in [3.05, 3.63) is 34.8 Å². The van der Waals surface area contributed by atoms with Crippen molar-refractivity contribution in [3.63, 3.8) is 0 Å². The molecule has 0 amide bonds. The van der Waals surface area contributed by atoms with Crippen molar-refractivity contribution in [1.29, 1.82) is 0 Å². The number of hydrogen-bond acceptors (Lipinski definition) is 4. The minimum atomic E-state index is 0.641. The highest BCUT2D eigenvalue weighted by Crippen LogP contribution is 2.10. The first-order valence-corrected chi connectivity index (χ1v) is 7.14. The fourth-order valence-corrected chi connectivity index (χ4v) is 2.51. The largest absolute Gasteiger partial charge is 0.333 e. The lowest BCUT2D eigenvalue weighted by molar-refractivity contribution is 0.304. The van der Waals surface area contributed by atoms with Gasteiger partial charge in [0.1, 0.15) is 0 Å². The third kappa shape index (κ3) is 3.65.